The highest BCUT2D eigenvalue weighted by molar-refractivity contribution is 9.10. The van der Waals surface area contributed by atoms with E-state index in [-0.39, 0.29) is 11.9 Å². The van der Waals surface area contributed by atoms with Crippen LogP contribution in [0.1, 0.15) is 17.3 Å². The molecule has 0 aliphatic carbocycles. The second kappa shape index (κ2) is 6.83. The fourth-order valence-electron chi connectivity index (χ4n) is 1.32. The van der Waals surface area contributed by atoms with Crippen LogP contribution in [0.15, 0.2) is 16.7 Å². The molecule has 1 atom stereocenters. The molecule has 0 saturated carbocycles. The molecular weight excluding hydrogens is 304 g/mol. The Balaban J connectivity index is 2.83. The lowest BCUT2D eigenvalue weighted by molar-refractivity contribution is 0.0944. The van der Waals surface area contributed by atoms with Gasteiger partial charge in [0.25, 0.3) is 5.91 Å². The molecule has 0 radical (unpaired) electrons. The van der Waals surface area contributed by atoms with Crippen molar-refractivity contribution in [2.45, 2.75) is 13.0 Å². The number of rotatable bonds is 5. The van der Waals surface area contributed by atoms with E-state index in [1.54, 1.807) is 24.0 Å². The number of amides is 1. The number of carbonyl (C=O) groups excluding carboxylic acids is 1. The first-order chi connectivity index (χ1) is 8.08. The predicted octanol–water partition coefficient (Wildman–Crippen LogP) is 1.61. The van der Waals surface area contributed by atoms with Crippen LogP contribution in [0.4, 0.5) is 5.82 Å². The summed E-state index contributed by atoms with van der Waals surface area (Å²) in [6, 6.07) is 1.78. The molecular formula is C10H15BrN4OS. The lowest BCUT2D eigenvalue weighted by Gasteiger charge is -2.14. The summed E-state index contributed by atoms with van der Waals surface area (Å²) in [6.07, 6.45) is 3.58. The van der Waals surface area contributed by atoms with Gasteiger partial charge in [-0.2, -0.15) is 11.8 Å². The standard InChI is InChI=1S/C10H15BrN4OS/c1-6(5-17-2)14-10(16)8-3-7(11)4-13-9(8)15-12/h3-4,6H,5,12H2,1-2H3,(H,13,15)(H,14,16). The van der Waals surface area contributed by atoms with Crippen molar-refractivity contribution in [1.82, 2.24) is 10.3 Å². The largest absolute Gasteiger partial charge is 0.349 e. The average molecular weight is 319 g/mol. The number of nitrogens with two attached hydrogens (primary N) is 1. The van der Waals surface area contributed by atoms with Gasteiger partial charge in [0.1, 0.15) is 0 Å². The quantitative estimate of drug-likeness (QED) is 0.567. The van der Waals surface area contributed by atoms with Crippen LogP contribution in [0.2, 0.25) is 0 Å². The maximum absolute atomic E-state index is 12.0. The highest BCUT2D eigenvalue weighted by atomic mass is 79.9. The molecule has 1 unspecified atom stereocenters. The van der Waals surface area contributed by atoms with Crippen LogP contribution in [0.5, 0.6) is 0 Å². The summed E-state index contributed by atoms with van der Waals surface area (Å²) in [5, 5.41) is 2.88. The van der Waals surface area contributed by atoms with Gasteiger partial charge in [-0.1, -0.05) is 0 Å². The minimum Gasteiger partial charge on any atom is -0.349 e. The van der Waals surface area contributed by atoms with Crippen molar-refractivity contribution in [2.24, 2.45) is 5.84 Å². The third-order valence-corrected chi connectivity index (χ3v) is 3.30. The molecule has 5 nitrogen and oxygen atoms in total. The van der Waals surface area contributed by atoms with E-state index in [0.29, 0.717) is 11.4 Å². The maximum atomic E-state index is 12.0. The zero-order valence-corrected chi connectivity index (χ0v) is 12.1. The average Bonchev–Trinajstić information content (AvgIpc) is 2.29. The van der Waals surface area contributed by atoms with Crippen LogP contribution in [-0.4, -0.2) is 28.9 Å². The fourth-order valence-corrected chi connectivity index (χ4v) is 2.24. The Morgan fingerprint density at radius 2 is 2.41 bits per heavy atom. The van der Waals surface area contributed by atoms with Crippen LogP contribution in [0.25, 0.3) is 0 Å². The lowest BCUT2D eigenvalue weighted by Crippen LogP contribution is -2.35. The van der Waals surface area contributed by atoms with E-state index >= 15 is 0 Å². The number of nitrogens with one attached hydrogen (secondary N) is 2. The molecule has 0 aliphatic heterocycles. The molecule has 94 valence electrons. The SMILES string of the molecule is CSCC(C)NC(=O)c1cc(Br)cnc1NN. The molecule has 1 aromatic rings. The third-order valence-electron chi connectivity index (χ3n) is 2.03. The molecule has 1 amide bonds. The van der Waals surface area contributed by atoms with E-state index in [9.17, 15) is 4.79 Å². The van der Waals surface area contributed by atoms with Gasteiger partial charge < -0.3 is 10.7 Å². The summed E-state index contributed by atoms with van der Waals surface area (Å²) in [7, 11) is 0. The third kappa shape index (κ3) is 4.18. The van der Waals surface area contributed by atoms with Crippen LogP contribution in [0.3, 0.4) is 0 Å². The molecule has 1 aromatic heterocycles. The van der Waals surface area contributed by atoms with E-state index in [1.807, 2.05) is 13.2 Å². The van der Waals surface area contributed by atoms with Crippen LogP contribution < -0.4 is 16.6 Å². The Morgan fingerprint density at radius 1 is 1.71 bits per heavy atom. The zero-order valence-electron chi connectivity index (χ0n) is 9.66. The number of halogens is 1. The number of hydrogen-bond acceptors (Lipinski definition) is 5. The Morgan fingerprint density at radius 3 is 3.00 bits per heavy atom. The molecule has 1 heterocycles. The minimum atomic E-state index is -0.187. The zero-order chi connectivity index (χ0) is 12.8. The van der Waals surface area contributed by atoms with E-state index in [1.165, 1.54) is 0 Å². The van der Waals surface area contributed by atoms with Crippen molar-refractivity contribution in [3.8, 4) is 0 Å². The number of thioether (sulfide) groups is 1. The number of hydrogen-bond donors (Lipinski definition) is 3. The number of anilines is 1. The van der Waals surface area contributed by atoms with Crippen molar-refractivity contribution in [3.05, 3.63) is 22.3 Å². The van der Waals surface area contributed by atoms with Crippen molar-refractivity contribution >= 4 is 39.4 Å². The van der Waals surface area contributed by atoms with E-state index < -0.39 is 0 Å². The van der Waals surface area contributed by atoms with Gasteiger partial charge >= 0.3 is 0 Å². The minimum absolute atomic E-state index is 0.0992. The van der Waals surface area contributed by atoms with Crippen molar-refractivity contribution in [1.29, 1.82) is 0 Å². The predicted molar refractivity (Wildman–Crippen MR) is 75.1 cm³/mol. The van der Waals surface area contributed by atoms with Gasteiger partial charge in [-0.3, -0.25) is 4.79 Å². The molecule has 4 N–H and O–H groups in total. The summed E-state index contributed by atoms with van der Waals surface area (Å²) >= 11 is 4.96. The number of carbonyl (C=O) groups is 1. The highest BCUT2D eigenvalue weighted by Gasteiger charge is 2.14. The summed E-state index contributed by atoms with van der Waals surface area (Å²) in [6.45, 7) is 1.95. The summed E-state index contributed by atoms with van der Waals surface area (Å²) in [5.74, 6) is 6.35. The van der Waals surface area contributed by atoms with E-state index in [2.05, 4.69) is 31.7 Å². The van der Waals surface area contributed by atoms with Gasteiger partial charge in [-0.05, 0) is 35.2 Å². The Kier molecular flexibility index (Phi) is 5.73. The fraction of sp³-hybridized carbons (Fsp3) is 0.400. The van der Waals surface area contributed by atoms with Crippen LogP contribution >= 0.6 is 27.7 Å². The smallest absolute Gasteiger partial charge is 0.255 e. The molecule has 17 heavy (non-hydrogen) atoms. The topological polar surface area (TPSA) is 80.0 Å². The van der Waals surface area contributed by atoms with E-state index in [4.69, 9.17) is 5.84 Å². The molecule has 1 rings (SSSR count). The Labute approximate surface area is 113 Å². The molecule has 0 bridgehead atoms. The second-order valence-electron chi connectivity index (χ2n) is 3.52. The first-order valence-corrected chi connectivity index (χ1v) is 7.19. The Bertz CT molecular complexity index is 402. The van der Waals surface area contributed by atoms with Gasteiger partial charge in [0.2, 0.25) is 0 Å². The van der Waals surface area contributed by atoms with Gasteiger partial charge in [-0.25, -0.2) is 10.8 Å². The molecule has 0 fully saturated rings. The van der Waals surface area contributed by atoms with Crippen molar-refractivity contribution in [3.63, 3.8) is 0 Å². The van der Waals surface area contributed by atoms with Gasteiger partial charge in [0.05, 0.1) is 5.56 Å². The van der Waals surface area contributed by atoms with Crippen molar-refractivity contribution < 1.29 is 4.79 Å². The number of aromatic nitrogens is 1. The summed E-state index contributed by atoms with van der Waals surface area (Å²) < 4.78 is 0.735. The summed E-state index contributed by atoms with van der Waals surface area (Å²) in [4.78, 5) is 16.0. The van der Waals surface area contributed by atoms with Crippen LogP contribution in [0, 0.1) is 0 Å². The van der Waals surface area contributed by atoms with Gasteiger partial charge in [-0.15, -0.1) is 0 Å². The number of nitrogens with zero attached hydrogens (tertiary/aromatic N) is 1. The van der Waals surface area contributed by atoms with E-state index in [0.717, 1.165) is 10.2 Å². The first kappa shape index (κ1) is 14.3. The van der Waals surface area contributed by atoms with Crippen LogP contribution in [-0.2, 0) is 0 Å². The molecule has 0 aliphatic rings. The normalized spacial score (nSPS) is 12.0. The number of nitrogen functional groups attached to an aromatic ring is 1. The molecule has 0 saturated heterocycles. The second-order valence-corrected chi connectivity index (χ2v) is 5.35. The Hall–Kier alpha value is -0.790. The monoisotopic (exact) mass is 318 g/mol. The van der Waals surface area contributed by atoms with Crippen molar-refractivity contribution in [2.75, 3.05) is 17.4 Å². The van der Waals surface area contributed by atoms with Gasteiger partial charge in [0, 0.05) is 22.5 Å². The molecule has 0 aromatic carbocycles. The molecule has 7 heteroatoms. The highest BCUT2D eigenvalue weighted by Crippen LogP contribution is 2.17. The maximum Gasteiger partial charge on any atom is 0.255 e. The number of pyridine rings is 1. The number of hydrazine groups is 1. The molecule has 0 spiro atoms. The lowest BCUT2D eigenvalue weighted by atomic mass is 10.2. The first-order valence-electron chi connectivity index (χ1n) is 5.00. The van der Waals surface area contributed by atoms with Gasteiger partial charge in [0.15, 0.2) is 5.82 Å². The summed E-state index contributed by atoms with van der Waals surface area (Å²) in [5.41, 5.74) is 2.84.